The zero-order chi connectivity index (χ0) is 31.6. The molecular weight excluding hydrogens is 599 g/mol. The summed E-state index contributed by atoms with van der Waals surface area (Å²) in [6.45, 7) is 9.93. The van der Waals surface area contributed by atoms with Crippen molar-refractivity contribution in [2.45, 2.75) is 57.0 Å². The lowest BCUT2D eigenvalue weighted by Crippen LogP contribution is -2.50. The highest BCUT2D eigenvalue weighted by atomic mass is 32.1. The highest BCUT2D eigenvalue weighted by Gasteiger charge is 2.40. The number of alkyl halides is 3. The fraction of sp³-hybridized carbons (Fsp3) is 0.345. The number of halogens is 3. The van der Waals surface area contributed by atoms with Crippen LogP contribution in [-0.4, -0.2) is 53.3 Å². The van der Waals surface area contributed by atoms with E-state index in [1.54, 1.807) is 12.4 Å². The maximum Gasteiger partial charge on any atom is 0.416 e. The molecule has 43 heavy (non-hydrogen) atoms. The maximum atomic E-state index is 13.6. The van der Waals surface area contributed by atoms with E-state index < -0.39 is 44.0 Å². The Morgan fingerprint density at radius 1 is 1.02 bits per heavy atom. The average molecular weight is 632 g/mol. The van der Waals surface area contributed by atoms with E-state index in [1.165, 1.54) is 12.1 Å². The Balaban J connectivity index is 1.64. The molecular formula is C29H32F3N5O4SSi. The zero-order valence-corrected chi connectivity index (χ0v) is 26.0. The molecule has 0 bridgehead atoms. The lowest BCUT2D eigenvalue weighted by atomic mass is 9.91. The van der Waals surface area contributed by atoms with Gasteiger partial charge >= 0.3 is 12.3 Å². The molecule has 14 heteroatoms. The van der Waals surface area contributed by atoms with Crippen LogP contribution in [0.15, 0.2) is 60.9 Å². The smallest absolute Gasteiger partial charge is 0.416 e. The monoisotopic (exact) mass is 631 g/mol. The molecule has 2 aromatic carbocycles. The Morgan fingerprint density at radius 3 is 2.35 bits per heavy atom. The van der Waals surface area contributed by atoms with Gasteiger partial charge in [0, 0.05) is 35.9 Å². The van der Waals surface area contributed by atoms with Crippen molar-refractivity contribution < 1.29 is 32.3 Å². The second-order valence-corrected chi connectivity index (χ2v) is 17.4. The van der Waals surface area contributed by atoms with E-state index in [4.69, 9.17) is 4.43 Å². The fourth-order valence-electron chi connectivity index (χ4n) is 4.09. The number of fused-ring (bicyclic) bond motifs is 1. The molecule has 0 unspecified atom stereocenters. The van der Waals surface area contributed by atoms with E-state index in [2.05, 4.69) is 25.8 Å². The standard InChI is InChI=1S/C29H32F3N5O4SSi/c1-28(2,3)43(4,5)41-16-22(17-8-10-21(11-9-17)29(30,31)32)23(34-27(39)40)24(38)35-26-37-36-25(42-26)19-6-7-20-15-33-13-12-18(20)14-19/h6-15,22-23,34H,16H2,1-5H3,(H,39,40)(H,35,37,38)/t22-,23-/m0/s1. The summed E-state index contributed by atoms with van der Waals surface area (Å²) in [6, 6.07) is 10.4. The van der Waals surface area contributed by atoms with Crippen molar-refractivity contribution in [3.63, 3.8) is 0 Å². The van der Waals surface area contributed by atoms with Crippen LogP contribution >= 0.6 is 11.3 Å². The van der Waals surface area contributed by atoms with Crippen LogP contribution in [0.25, 0.3) is 21.3 Å². The molecule has 0 aliphatic rings. The van der Waals surface area contributed by atoms with Gasteiger partial charge < -0.3 is 14.8 Å². The van der Waals surface area contributed by atoms with Gasteiger partial charge in [-0.15, -0.1) is 10.2 Å². The van der Waals surface area contributed by atoms with E-state index >= 15 is 0 Å². The SMILES string of the molecule is CC(C)(C)[Si](C)(C)OC[C@@H](c1ccc(C(F)(F)F)cc1)[C@H](NC(=O)O)C(=O)Nc1nnc(-c2ccc3cnccc3c2)s1. The molecule has 4 rings (SSSR count). The topological polar surface area (TPSA) is 126 Å². The fourth-order valence-corrected chi connectivity index (χ4v) is 5.86. The normalized spacial score (nSPS) is 13.9. The molecule has 3 N–H and O–H groups in total. The minimum absolute atomic E-state index is 0.104. The van der Waals surface area contributed by atoms with E-state index in [0.29, 0.717) is 10.6 Å². The van der Waals surface area contributed by atoms with Gasteiger partial charge in [0.05, 0.1) is 5.56 Å². The highest BCUT2D eigenvalue weighted by Crippen LogP contribution is 2.38. The number of aromatic nitrogens is 3. The third-order valence-corrected chi connectivity index (χ3v) is 13.0. The second-order valence-electron chi connectivity index (χ2n) is 11.6. The number of hydrogen-bond acceptors (Lipinski definition) is 7. The van der Waals surface area contributed by atoms with Crippen molar-refractivity contribution in [1.29, 1.82) is 0 Å². The summed E-state index contributed by atoms with van der Waals surface area (Å²) < 4.78 is 46.2. The first-order chi connectivity index (χ1) is 20.0. The largest absolute Gasteiger partial charge is 0.465 e. The molecule has 228 valence electrons. The molecule has 0 spiro atoms. The molecule has 0 fully saturated rings. The molecule has 9 nitrogen and oxygen atoms in total. The molecule has 0 saturated heterocycles. The molecule has 0 aliphatic carbocycles. The number of rotatable bonds is 9. The highest BCUT2D eigenvalue weighted by molar-refractivity contribution is 7.18. The van der Waals surface area contributed by atoms with Gasteiger partial charge in [-0.2, -0.15) is 13.2 Å². The van der Waals surface area contributed by atoms with Gasteiger partial charge in [-0.25, -0.2) is 4.79 Å². The predicted octanol–water partition coefficient (Wildman–Crippen LogP) is 7.15. The van der Waals surface area contributed by atoms with Crippen LogP contribution in [0.4, 0.5) is 23.1 Å². The summed E-state index contributed by atoms with van der Waals surface area (Å²) >= 11 is 1.10. The first-order valence-electron chi connectivity index (χ1n) is 13.3. The summed E-state index contributed by atoms with van der Waals surface area (Å²) in [4.78, 5) is 29.5. The minimum Gasteiger partial charge on any atom is -0.465 e. The van der Waals surface area contributed by atoms with Gasteiger partial charge in [0.25, 0.3) is 0 Å². The lowest BCUT2D eigenvalue weighted by molar-refractivity contribution is -0.137. The molecule has 0 saturated carbocycles. The van der Waals surface area contributed by atoms with Crippen LogP contribution in [-0.2, 0) is 15.4 Å². The molecule has 2 heterocycles. The second kappa shape index (κ2) is 12.4. The van der Waals surface area contributed by atoms with Crippen LogP contribution < -0.4 is 10.6 Å². The van der Waals surface area contributed by atoms with Crippen molar-refractivity contribution >= 4 is 47.6 Å². The minimum atomic E-state index is -4.56. The number of carboxylic acid groups (broad SMARTS) is 1. The molecule has 0 aliphatic heterocycles. The van der Waals surface area contributed by atoms with Gasteiger partial charge in [-0.3, -0.25) is 15.1 Å². The van der Waals surface area contributed by atoms with E-state index in [0.717, 1.165) is 39.8 Å². The molecule has 2 amide bonds. The summed E-state index contributed by atoms with van der Waals surface area (Å²) in [5.41, 5.74) is 0.213. The average Bonchev–Trinajstić information content (AvgIpc) is 3.39. The lowest BCUT2D eigenvalue weighted by Gasteiger charge is -2.38. The third kappa shape index (κ3) is 7.75. The van der Waals surface area contributed by atoms with Crippen molar-refractivity contribution in [3.8, 4) is 10.6 Å². The summed E-state index contributed by atoms with van der Waals surface area (Å²) in [5, 5.41) is 25.1. The first kappa shape index (κ1) is 32.0. The predicted molar refractivity (Wildman–Crippen MR) is 162 cm³/mol. The summed E-state index contributed by atoms with van der Waals surface area (Å²) in [6.07, 6.45) is -2.62. The zero-order valence-electron chi connectivity index (χ0n) is 24.2. The Kier molecular flexibility index (Phi) is 9.23. The van der Waals surface area contributed by atoms with Crippen molar-refractivity contribution in [2.75, 3.05) is 11.9 Å². The quantitative estimate of drug-likeness (QED) is 0.168. The number of hydrogen-bond donors (Lipinski definition) is 3. The van der Waals surface area contributed by atoms with Gasteiger partial charge in [0.1, 0.15) is 11.0 Å². The molecule has 4 aromatic rings. The van der Waals surface area contributed by atoms with Gasteiger partial charge in [0.2, 0.25) is 11.0 Å². The Morgan fingerprint density at radius 2 is 1.72 bits per heavy atom. The van der Waals surface area contributed by atoms with Crippen LogP contribution in [0.5, 0.6) is 0 Å². The Labute approximate surface area is 251 Å². The number of carbonyl (C=O) groups excluding carboxylic acids is 1. The Bertz CT molecular complexity index is 1610. The number of anilines is 1. The summed E-state index contributed by atoms with van der Waals surface area (Å²) in [7, 11) is -2.40. The summed E-state index contributed by atoms with van der Waals surface area (Å²) in [5.74, 6) is -1.70. The van der Waals surface area contributed by atoms with Crippen LogP contribution in [0.2, 0.25) is 18.1 Å². The van der Waals surface area contributed by atoms with Crippen molar-refractivity contribution in [1.82, 2.24) is 20.5 Å². The number of carbonyl (C=O) groups is 2. The maximum absolute atomic E-state index is 13.6. The number of amides is 2. The number of benzene rings is 2. The third-order valence-electron chi connectivity index (χ3n) is 7.60. The molecule has 2 atom stereocenters. The van der Waals surface area contributed by atoms with E-state index in [1.807, 2.05) is 58.1 Å². The van der Waals surface area contributed by atoms with Gasteiger partial charge in [-0.1, -0.05) is 56.4 Å². The van der Waals surface area contributed by atoms with Crippen molar-refractivity contribution in [3.05, 3.63) is 72.1 Å². The Hall–Kier alpha value is -3.88. The van der Waals surface area contributed by atoms with Crippen molar-refractivity contribution in [2.24, 2.45) is 0 Å². The van der Waals surface area contributed by atoms with Crippen LogP contribution in [0, 0.1) is 0 Å². The van der Waals surface area contributed by atoms with Gasteiger partial charge in [0.15, 0.2) is 8.32 Å². The van der Waals surface area contributed by atoms with Crippen LogP contribution in [0.1, 0.15) is 37.8 Å². The number of nitrogens with one attached hydrogen (secondary N) is 2. The number of nitrogens with zero attached hydrogens (tertiary/aromatic N) is 3. The molecule has 0 radical (unpaired) electrons. The van der Waals surface area contributed by atoms with E-state index in [-0.39, 0.29) is 16.8 Å². The van der Waals surface area contributed by atoms with E-state index in [9.17, 15) is 27.9 Å². The first-order valence-corrected chi connectivity index (χ1v) is 17.1. The number of pyridine rings is 1. The van der Waals surface area contributed by atoms with Gasteiger partial charge in [-0.05, 0) is 53.3 Å². The van der Waals surface area contributed by atoms with Crippen LogP contribution in [0.3, 0.4) is 0 Å². The molecule has 2 aromatic heterocycles.